The third kappa shape index (κ3) is 5.39. The van der Waals surface area contributed by atoms with Crippen LogP contribution in [0.15, 0.2) is 0 Å². The molecule has 0 unspecified atom stereocenters. The Bertz CT molecular complexity index is 153. The normalized spacial score (nSPS) is 10.8. The molecule has 0 aliphatic carbocycles. The number of carbonyl (C=O) groups excluding carboxylic acids is 1. The van der Waals surface area contributed by atoms with Gasteiger partial charge < -0.3 is 9.84 Å². The van der Waals surface area contributed by atoms with E-state index in [1.165, 1.54) is 6.92 Å². The lowest BCUT2D eigenvalue weighted by molar-refractivity contribution is -0.158. The van der Waals surface area contributed by atoms with Gasteiger partial charge in [-0.05, 0) is 13.8 Å². The second kappa shape index (κ2) is 3.37. The van der Waals surface area contributed by atoms with Gasteiger partial charge in [0.15, 0.2) is 0 Å². The molecule has 0 aromatic rings. The van der Waals surface area contributed by atoms with E-state index in [2.05, 4.69) is 0 Å². The van der Waals surface area contributed by atoms with E-state index < -0.39 is 17.5 Å². The monoisotopic (exact) mass is 160 g/mol. The highest BCUT2D eigenvalue weighted by molar-refractivity contribution is 5.70. The maximum Gasteiger partial charge on any atom is 0.307 e. The van der Waals surface area contributed by atoms with Crippen LogP contribution in [0.4, 0.5) is 0 Å². The molecule has 0 aliphatic rings. The average Bonchev–Trinajstić information content (AvgIpc) is 1.53. The summed E-state index contributed by atoms with van der Waals surface area (Å²) in [6.07, 6.45) is -0.174. The van der Waals surface area contributed by atoms with Gasteiger partial charge in [-0.1, -0.05) is 0 Å². The summed E-state index contributed by atoms with van der Waals surface area (Å²) >= 11 is 0. The molecule has 64 valence electrons. The number of carboxylic acids is 1. The zero-order valence-corrected chi connectivity index (χ0v) is 6.88. The van der Waals surface area contributed by atoms with Crippen LogP contribution in [0.3, 0.4) is 0 Å². The van der Waals surface area contributed by atoms with Gasteiger partial charge in [0.25, 0.3) is 0 Å². The van der Waals surface area contributed by atoms with E-state index in [-0.39, 0.29) is 6.42 Å². The van der Waals surface area contributed by atoms with Gasteiger partial charge in [-0.15, -0.1) is 0 Å². The molecule has 0 aromatic carbocycles. The highest BCUT2D eigenvalue weighted by atomic mass is 16.6. The molecule has 0 atom stereocenters. The molecule has 0 bridgehead atoms. The van der Waals surface area contributed by atoms with Crippen molar-refractivity contribution in [2.24, 2.45) is 0 Å². The van der Waals surface area contributed by atoms with Crippen LogP contribution in [0.5, 0.6) is 0 Å². The summed E-state index contributed by atoms with van der Waals surface area (Å²) in [5.41, 5.74) is -0.905. The van der Waals surface area contributed by atoms with Crippen LogP contribution in [0.2, 0.25) is 0 Å². The fraction of sp³-hybridized carbons (Fsp3) is 0.714. The van der Waals surface area contributed by atoms with Gasteiger partial charge in [0.2, 0.25) is 0 Å². The van der Waals surface area contributed by atoms with Crippen molar-refractivity contribution in [1.82, 2.24) is 0 Å². The van der Waals surface area contributed by atoms with Crippen molar-refractivity contribution in [3.63, 3.8) is 0 Å². The lowest BCUT2D eigenvalue weighted by atomic mass is 10.1. The van der Waals surface area contributed by atoms with Gasteiger partial charge in [0, 0.05) is 6.92 Å². The minimum atomic E-state index is -0.976. The molecule has 11 heavy (non-hydrogen) atoms. The van der Waals surface area contributed by atoms with Crippen molar-refractivity contribution in [2.45, 2.75) is 32.8 Å². The number of esters is 1. The molecule has 0 amide bonds. The molecule has 4 nitrogen and oxygen atoms in total. The smallest absolute Gasteiger partial charge is 0.307 e. The van der Waals surface area contributed by atoms with E-state index >= 15 is 0 Å². The Balaban J connectivity index is 3.99. The number of rotatable bonds is 3. The predicted molar refractivity (Wildman–Crippen MR) is 38.1 cm³/mol. The minimum absolute atomic E-state index is 0.174. The highest BCUT2D eigenvalue weighted by Crippen LogP contribution is 2.13. The van der Waals surface area contributed by atoms with Gasteiger partial charge in [-0.25, -0.2) is 0 Å². The van der Waals surface area contributed by atoms with Crippen molar-refractivity contribution in [1.29, 1.82) is 0 Å². The summed E-state index contributed by atoms with van der Waals surface area (Å²) in [5.74, 6) is -1.44. The Morgan fingerprint density at radius 3 is 2.18 bits per heavy atom. The van der Waals surface area contributed by atoms with Gasteiger partial charge in [-0.3, -0.25) is 9.59 Å². The number of carboxylic acid groups (broad SMARTS) is 1. The number of aliphatic carboxylic acids is 1. The second-order valence-corrected chi connectivity index (χ2v) is 2.92. The Morgan fingerprint density at radius 2 is 1.91 bits per heavy atom. The van der Waals surface area contributed by atoms with Crippen LogP contribution >= 0.6 is 0 Å². The zero-order valence-electron chi connectivity index (χ0n) is 6.88. The SMILES string of the molecule is CC(=O)OC(C)(C)CC(=O)O. The molecule has 0 fully saturated rings. The third-order valence-electron chi connectivity index (χ3n) is 0.997. The van der Waals surface area contributed by atoms with Crippen molar-refractivity contribution in [3.05, 3.63) is 0 Å². The summed E-state index contributed by atoms with van der Waals surface area (Å²) in [6.45, 7) is 4.37. The van der Waals surface area contributed by atoms with Gasteiger partial charge in [0.1, 0.15) is 5.60 Å². The van der Waals surface area contributed by atoms with Gasteiger partial charge in [0.05, 0.1) is 6.42 Å². The molecular formula is C7H12O4. The number of hydrogen-bond acceptors (Lipinski definition) is 3. The molecule has 0 spiro atoms. The first-order valence-corrected chi connectivity index (χ1v) is 3.25. The Kier molecular flexibility index (Phi) is 3.04. The van der Waals surface area contributed by atoms with E-state index in [1.807, 2.05) is 0 Å². The quantitative estimate of drug-likeness (QED) is 0.620. The maximum absolute atomic E-state index is 10.4. The van der Waals surface area contributed by atoms with E-state index in [1.54, 1.807) is 13.8 Å². The Hall–Kier alpha value is -1.06. The third-order valence-corrected chi connectivity index (χ3v) is 0.997. The summed E-state index contributed by atoms with van der Waals surface area (Å²) in [5, 5.41) is 8.37. The van der Waals surface area contributed by atoms with Crippen LogP contribution in [0.25, 0.3) is 0 Å². The molecule has 0 aromatic heterocycles. The number of ether oxygens (including phenoxy) is 1. The highest BCUT2D eigenvalue weighted by Gasteiger charge is 2.24. The molecule has 0 heterocycles. The molecule has 0 radical (unpaired) electrons. The summed E-state index contributed by atoms with van der Waals surface area (Å²) in [6, 6.07) is 0. The molecule has 0 saturated carbocycles. The minimum Gasteiger partial charge on any atom is -0.481 e. The topological polar surface area (TPSA) is 63.6 Å². The van der Waals surface area contributed by atoms with Crippen LogP contribution in [-0.4, -0.2) is 22.6 Å². The predicted octanol–water partition coefficient (Wildman–Crippen LogP) is 0.803. The summed E-state index contributed by atoms with van der Waals surface area (Å²) < 4.78 is 4.73. The molecular weight excluding hydrogens is 148 g/mol. The molecule has 0 aliphatic heterocycles. The molecule has 0 saturated heterocycles. The summed E-state index contributed by atoms with van der Waals surface area (Å²) in [4.78, 5) is 20.6. The van der Waals surface area contributed by atoms with Crippen LogP contribution < -0.4 is 0 Å². The van der Waals surface area contributed by atoms with Crippen LogP contribution in [0, 0.1) is 0 Å². The standard InChI is InChI=1S/C7H12O4/c1-5(8)11-7(2,3)4-6(9)10/h4H2,1-3H3,(H,9,10). The summed E-state index contributed by atoms with van der Waals surface area (Å²) in [7, 11) is 0. The molecule has 0 rings (SSSR count). The maximum atomic E-state index is 10.4. The van der Waals surface area contributed by atoms with Crippen LogP contribution in [0.1, 0.15) is 27.2 Å². The Morgan fingerprint density at radius 1 is 1.45 bits per heavy atom. The largest absolute Gasteiger partial charge is 0.481 e. The first-order valence-electron chi connectivity index (χ1n) is 3.25. The van der Waals surface area contributed by atoms with Crippen molar-refractivity contribution in [3.8, 4) is 0 Å². The van der Waals surface area contributed by atoms with Crippen molar-refractivity contribution < 1.29 is 19.4 Å². The van der Waals surface area contributed by atoms with Gasteiger partial charge in [-0.2, -0.15) is 0 Å². The lowest BCUT2D eigenvalue weighted by Crippen LogP contribution is -2.29. The number of hydrogen-bond donors (Lipinski definition) is 1. The first-order chi connectivity index (χ1) is 4.83. The van der Waals surface area contributed by atoms with E-state index in [4.69, 9.17) is 9.84 Å². The molecule has 1 N–H and O–H groups in total. The Labute approximate surface area is 65.2 Å². The average molecular weight is 160 g/mol. The van der Waals surface area contributed by atoms with E-state index in [0.717, 1.165) is 0 Å². The van der Waals surface area contributed by atoms with Crippen molar-refractivity contribution in [2.75, 3.05) is 0 Å². The van der Waals surface area contributed by atoms with Crippen molar-refractivity contribution >= 4 is 11.9 Å². The fourth-order valence-electron chi connectivity index (χ4n) is 0.789. The van der Waals surface area contributed by atoms with E-state index in [9.17, 15) is 9.59 Å². The molecule has 4 heteroatoms. The zero-order chi connectivity index (χ0) is 9.07. The fourth-order valence-corrected chi connectivity index (χ4v) is 0.789. The van der Waals surface area contributed by atoms with Gasteiger partial charge >= 0.3 is 11.9 Å². The first kappa shape index (κ1) is 9.94. The number of carbonyl (C=O) groups is 2. The van der Waals surface area contributed by atoms with E-state index in [0.29, 0.717) is 0 Å². The van der Waals surface area contributed by atoms with Crippen LogP contribution in [-0.2, 0) is 14.3 Å². The lowest BCUT2D eigenvalue weighted by Gasteiger charge is -2.21. The second-order valence-electron chi connectivity index (χ2n) is 2.92.